The predicted molar refractivity (Wildman–Crippen MR) is 119 cm³/mol. The molecule has 0 bridgehead atoms. The molecule has 0 spiro atoms. The minimum atomic E-state index is -0.1000. The van der Waals surface area contributed by atoms with Crippen molar-refractivity contribution in [3.05, 3.63) is 28.8 Å². The van der Waals surface area contributed by atoms with E-state index in [-0.39, 0.29) is 12.0 Å². The zero-order valence-corrected chi connectivity index (χ0v) is 18.7. The third-order valence-electron chi connectivity index (χ3n) is 6.15. The molecule has 0 aromatic heterocycles. The molecule has 5 nitrogen and oxygen atoms in total. The van der Waals surface area contributed by atoms with Gasteiger partial charge in [0, 0.05) is 37.8 Å². The van der Waals surface area contributed by atoms with E-state index < -0.39 is 0 Å². The average Bonchev–Trinajstić information content (AvgIpc) is 2.99. The molecule has 2 aliphatic rings. The third-order valence-corrected chi connectivity index (χ3v) is 6.45. The maximum absolute atomic E-state index is 12.3. The molecule has 1 heterocycles. The summed E-state index contributed by atoms with van der Waals surface area (Å²) < 4.78 is 6.20. The van der Waals surface area contributed by atoms with Crippen molar-refractivity contribution in [2.24, 2.45) is 0 Å². The number of rotatable bonds is 7. The number of nitrogens with zero attached hydrogens (tertiary/aromatic N) is 2. The highest BCUT2D eigenvalue weighted by molar-refractivity contribution is 6.32. The van der Waals surface area contributed by atoms with Crippen LogP contribution in [0.2, 0.25) is 5.02 Å². The van der Waals surface area contributed by atoms with Gasteiger partial charge in [-0.25, -0.2) is 0 Å². The first kappa shape index (κ1) is 22.4. The average molecular weight is 422 g/mol. The number of nitrogens with one attached hydrogen (secondary N) is 1. The highest BCUT2D eigenvalue weighted by Crippen LogP contribution is 2.30. The number of likely N-dealkylation sites (N-methyl/N-ethyl adjacent to an activating group) is 1. The van der Waals surface area contributed by atoms with Crippen molar-refractivity contribution >= 4 is 17.5 Å². The molecule has 1 aromatic carbocycles. The number of likely N-dealkylation sites (tertiary alicyclic amines) is 1. The van der Waals surface area contributed by atoms with Crippen LogP contribution >= 0.6 is 11.6 Å². The molecule has 162 valence electrons. The number of halogens is 1. The molecular formula is C23H36ClN3O2. The van der Waals surface area contributed by atoms with Crippen molar-refractivity contribution < 1.29 is 9.53 Å². The minimum absolute atomic E-state index is 0.1000. The molecule has 1 aliphatic carbocycles. The second kappa shape index (κ2) is 11.2. The Kier molecular flexibility index (Phi) is 8.64. The van der Waals surface area contributed by atoms with Crippen LogP contribution in [-0.2, 0) is 0 Å². The maximum atomic E-state index is 12.3. The van der Waals surface area contributed by atoms with E-state index in [0.717, 1.165) is 38.5 Å². The highest BCUT2D eigenvalue weighted by Gasteiger charge is 2.26. The summed E-state index contributed by atoms with van der Waals surface area (Å²) in [6.45, 7) is 3.64. The van der Waals surface area contributed by atoms with E-state index in [1.54, 1.807) is 12.1 Å². The van der Waals surface area contributed by atoms with E-state index in [1.165, 1.54) is 38.5 Å². The van der Waals surface area contributed by atoms with Gasteiger partial charge in [-0.05, 0) is 58.0 Å². The Hall–Kier alpha value is -1.30. The van der Waals surface area contributed by atoms with Crippen LogP contribution in [0.3, 0.4) is 0 Å². The van der Waals surface area contributed by atoms with Gasteiger partial charge in [0.15, 0.2) is 0 Å². The number of hydrogen-bond donors (Lipinski definition) is 1. The van der Waals surface area contributed by atoms with Gasteiger partial charge in [-0.15, -0.1) is 0 Å². The second-order valence-corrected chi connectivity index (χ2v) is 9.11. The molecule has 0 radical (unpaired) electrons. The van der Waals surface area contributed by atoms with E-state index in [1.807, 2.05) is 25.1 Å². The normalized spacial score (nSPS) is 19.9. The SMILES string of the molecule is CN(C)CCNC(=O)c1ccc(OC2CCN(C3CCCCCC3)CC2)c(Cl)c1. The first-order chi connectivity index (χ1) is 14.0. The molecule has 1 amide bonds. The van der Waals surface area contributed by atoms with Crippen molar-refractivity contribution in [1.29, 1.82) is 0 Å². The number of benzene rings is 1. The van der Waals surface area contributed by atoms with Crippen LogP contribution in [0.25, 0.3) is 0 Å². The molecule has 1 aromatic rings. The standard InChI is InChI=1S/C23H36ClN3O2/c1-26(2)16-13-25-23(28)18-9-10-22(21(24)17-18)29-20-11-14-27(15-12-20)19-7-5-3-4-6-8-19/h9-10,17,19-20H,3-8,11-16H2,1-2H3,(H,25,28). The Labute approximate surface area is 180 Å². The van der Waals surface area contributed by atoms with E-state index >= 15 is 0 Å². The Morgan fingerprint density at radius 2 is 1.83 bits per heavy atom. The van der Waals surface area contributed by atoms with Gasteiger partial charge in [0.25, 0.3) is 5.91 Å². The minimum Gasteiger partial charge on any atom is -0.489 e. The molecule has 29 heavy (non-hydrogen) atoms. The monoisotopic (exact) mass is 421 g/mol. The number of carbonyl (C=O) groups is 1. The van der Waals surface area contributed by atoms with Crippen molar-refractivity contribution in [3.8, 4) is 5.75 Å². The molecular weight excluding hydrogens is 386 g/mol. The molecule has 1 saturated heterocycles. The van der Waals surface area contributed by atoms with Crippen LogP contribution in [0.5, 0.6) is 5.75 Å². The quantitative estimate of drug-likeness (QED) is 0.670. The van der Waals surface area contributed by atoms with Gasteiger partial charge in [-0.2, -0.15) is 0 Å². The lowest BCUT2D eigenvalue weighted by Gasteiger charge is -2.37. The van der Waals surface area contributed by atoms with Crippen molar-refractivity contribution in [3.63, 3.8) is 0 Å². The van der Waals surface area contributed by atoms with Crippen LogP contribution in [0.15, 0.2) is 18.2 Å². The zero-order chi connectivity index (χ0) is 20.6. The third kappa shape index (κ3) is 6.87. The van der Waals surface area contributed by atoms with Crippen LogP contribution in [0, 0.1) is 0 Å². The van der Waals surface area contributed by atoms with Crippen LogP contribution in [0.1, 0.15) is 61.7 Å². The lowest BCUT2D eigenvalue weighted by Crippen LogP contribution is -2.44. The molecule has 2 fully saturated rings. The molecule has 0 atom stereocenters. The summed E-state index contributed by atoms with van der Waals surface area (Å²) in [4.78, 5) is 17.0. The number of carbonyl (C=O) groups excluding carboxylic acids is 1. The lowest BCUT2D eigenvalue weighted by atomic mass is 10.0. The fourth-order valence-corrected chi connectivity index (χ4v) is 4.62. The zero-order valence-electron chi connectivity index (χ0n) is 18.0. The fourth-order valence-electron chi connectivity index (χ4n) is 4.39. The van der Waals surface area contributed by atoms with Gasteiger partial charge in [0.05, 0.1) is 5.02 Å². The van der Waals surface area contributed by atoms with E-state index in [2.05, 4.69) is 10.2 Å². The van der Waals surface area contributed by atoms with Crippen molar-refractivity contribution in [2.75, 3.05) is 40.3 Å². The number of ether oxygens (including phenoxy) is 1. The molecule has 6 heteroatoms. The first-order valence-electron chi connectivity index (χ1n) is 11.2. The van der Waals surface area contributed by atoms with Crippen LogP contribution < -0.4 is 10.1 Å². The molecule has 1 N–H and O–H groups in total. The summed E-state index contributed by atoms with van der Waals surface area (Å²) in [5.41, 5.74) is 0.573. The van der Waals surface area contributed by atoms with Gasteiger partial charge in [-0.1, -0.05) is 37.3 Å². The first-order valence-corrected chi connectivity index (χ1v) is 11.5. The summed E-state index contributed by atoms with van der Waals surface area (Å²) in [7, 11) is 3.96. The smallest absolute Gasteiger partial charge is 0.251 e. The van der Waals surface area contributed by atoms with Gasteiger partial charge in [0.2, 0.25) is 0 Å². The fraction of sp³-hybridized carbons (Fsp3) is 0.696. The maximum Gasteiger partial charge on any atom is 0.251 e. The molecule has 3 rings (SSSR count). The van der Waals surface area contributed by atoms with Crippen molar-refractivity contribution in [1.82, 2.24) is 15.1 Å². The number of amides is 1. The summed E-state index contributed by atoms with van der Waals surface area (Å²) in [6, 6.07) is 6.11. The number of piperidine rings is 1. The summed E-state index contributed by atoms with van der Waals surface area (Å²) in [5.74, 6) is 0.585. The topological polar surface area (TPSA) is 44.8 Å². The van der Waals surface area contributed by atoms with Gasteiger partial charge in [-0.3, -0.25) is 4.79 Å². The summed E-state index contributed by atoms with van der Waals surface area (Å²) >= 11 is 6.42. The molecule has 1 saturated carbocycles. The highest BCUT2D eigenvalue weighted by atomic mass is 35.5. The van der Waals surface area contributed by atoms with E-state index in [0.29, 0.717) is 22.9 Å². The Morgan fingerprint density at radius 3 is 2.45 bits per heavy atom. The molecule has 1 aliphatic heterocycles. The van der Waals surface area contributed by atoms with Gasteiger partial charge in [0.1, 0.15) is 11.9 Å². The summed E-state index contributed by atoms with van der Waals surface area (Å²) in [5, 5.41) is 3.42. The second-order valence-electron chi connectivity index (χ2n) is 8.70. The van der Waals surface area contributed by atoms with Gasteiger partial charge >= 0.3 is 0 Å². The lowest BCUT2D eigenvalue weighted by molar-refractivity contribution is 0.0704. The largest absolute Gasteiger partial charge is 0.489 e. The predicted octanol–water partition coefficient (Wildman–Crippen LogP) is 4.20. The summed E-state index contributed by atoms with van der Waals surface area (Å²) in [6.07, 6.45) is 10.6. The van der Waals surface area contributed by atoms with Gasteiger partial charge < -0.3 is 19.9 Å². The Bertz CT molecular complexity index is 652. The Balaban J connectivity index is 1.47. The number of hydrogen-bond acceptors (Lipinski definition) is 4. The van der Waals surface area contributed by atoms with E-state index in [4.69, 9.17) is 16.3 Å². The van der Waals surface area contributed by atoms with E-state index in [9.17, 15) is 4.79 Å². The van der Waals surface area contributed by atoms with Crippen LogP contribution in [0.4, 0.5) is 0 Å². The van der Waals surface area contributed by atoms with Crippen molar-refractivity contribution in [2.45, 2.75) is 63.5 Å². The Morgan fingerprint density at radius 1 is 1.14 bits per heavy atom. The van der Waals surface area contributed by atoms with Crippen LogP contribution in [-0.4, -0.2) is 68.1 Å². The molecule has 0 unspecified atom stereocenters.